The van der Waals surface area contributed by atoms with Gasteiger partial charge in [-0.1, -0.05) is 6.92 Å². The topological polar surface area (TPSA) is 33.1 Å². The van der Waals surface area contributed by atoms with Crippen LogP contribution in [0.5, 0.6) is 0 Å². The van der Waals surface area contributed by atoms with Crippen LogP contribution in [-0.2, 0) is 0 Å². The molecule has 58 valence electrons. The molecule has 2 heterocycles. The molecule has 0 saturated heterocycles. The smallest absolute Gasteiger partial charge is 0.153 e. The Morgan fingerprint density at radius 3 is 3.36 bits per heavy atom. The van der Waals surface area contributed by atoms with Crippen molar-refractivity contribution < 1.29 is 0 Å². The highest BCUT2D eigenvalue weighted by molar-refractivity contribution is 7.99. The Labute approximate surface area is 68.8 Å². The van der Waals surface area contributed by atoms with E-state index in [1.54, 1.807) is 18.0 Å². The Hall–Kier alpha value is -0.900. The Kier molecular flexibility index (Phi) is 1.62. The van der Waals surface area contributed by atoms with Gasteiger partial charge in [-0.2, -0.15) is 0 Å². The van der Waals surface area contributed by atoms with E-state index in [9.17, 15) is 0 Å². The summed E-state index contributed by atoms with van der Waals surface area (Å²) in [5.41, 5.74) is 0.987. The summed E-state index contributed by atoms with van der Waals surface area (Å²) in [6.45, 7) is 2.13. The maximum Gasteiger partial charge on any atom is 0.153 e. The van der Waals surface area contributed by atoms with Crippen molar-refractivity contribution in [2.45, 2.75) is 11.9 Å². The SMILES string of the molecule is CCSc1cc2nccn2[nH]1. The number of imidazole rings is 1. The van der Waals surface area contributed by atoms with E-state index in [-0.39, 0.29) is 0 Å². The van der Waals surface area contributed by atoms with Crippen LogP contribution < -0.4 is 0 Å². The molecule has 0 aliphatic rings. The minimum Gasteiger partial charge on any atom is -0.286 e. The number of thioether (sulfide) groups is 1. The molecule has 2 aromatic heterocycles. The van der Waals surface area contributed by atoms with Crippen LogP contribution in [0.4, 0.5) is 0 Å². The minimum absolute atomic E-state index is 0.987. The van der Waals surface area contributed by atoms with Crippen LogP contribution in [-0.4, -0.2) is 20.4 Å². The van der Waals surface area contributed by atoms with Gasteiger partial charge in [-0.15, -0.1) is 11.8 Å². The number of aromatic amines is 1. The summed E-state index contributed by atoms with van der Waals surface area (Å²) in [4.78, 5) is 4.14. The molecule has 1 N–H and O–H groups in total. The average molecular weight is 167 g/mol. The fraction of sp³-hybridized carbons (Fsp3) is 0.286. The minimum atomic E-state index is 0.987. The highest BCUT2D eigenvalue weighted by Crippen LogP contribution is 2.16. The molecule has 0 unspecified atom stereocenters. The predicted molar refractivity (Wildman–Crippen MR) is 45.9 cm³/mol. The van der Waals surface area contributed by atoms with Crippen LogP contribution in [0, 0.1) is 0 Å². The first-order chi connectivity index (χ1) is 5.40. The molecule has 0 saturated carbocycles. The van der Waals surface area contributed by atoms with E-state index in [4.69, 9.17) is 0 Å². The quantitative estimate of drug-likeness (QED) is 0.691. The molecule has 0 aromatic carbocycles. The van der Waals surface area contributed by atoms with E-state index in [1.807, 2.05) is 16.8 Å². The number of nitrogens with one attached hydrogen (secondary N) is 1. The molecule has 0 amide bonds. The lowest BCUT2D eigenvalue weighted by molar-refractivity contribution is 0.910. The Morgan fingerprint density at radius 1 is 1.73 bits per heavy atom. The zero-order valence-electron chi connectivity index (χ0n) is 6.24. The highest BCUT2D eigenvalue weighted by Gasteiger charge is 1.98. The fourth-order valence-corrected chi connectivity index (χ4v) is 1.68. The van der Waals surface area contributed by atoms with E-state index >= 15 is 0 Å². The zero-order chi connectivity index (χ0) is 7.68. The van der Waals surface area contributed by atoms with Gasteiger partial charge >= 0.3 is 0 Å². The first-order valence-corrected chi connectivity index (χ1v) is 4.53. The fourth-order valence-electron chi connectivity index (χ4n) is 1.01. The van der Waals surface area contributed by atoms with Crippen LogP contribution in [0.1, 0.15) is 6.92 Å². The summed E-state index contributed by atoms with van der Waals surface area (Å²) in [7, 11) is 0. The van der Waals surface area contributed by atoms with Crippen molar-refractivity contribution in [1.82, 2.24) is 14.6 Å². The number of rotatable bonds is 2. The number of nitrogens with zero attached hydrogens (tertiary/aromatic N) is 2. The van der Waals surface area contributed by atoms with Gasteiger partial charge in [0, 0.05) is 18.5 Å². The van der Waals surface area contributed by atoms with Gasteiger partial charge in [0.2, 0.25) is 0 Å². The predicted octanol–water partition coefficient (Wildman–Crippen LogP) is 1.77. The second-order valence-electron chi connectivity index (χ2n) is 2.21. The van der Waals surface area contributed by atoms with Crippen molar-refractivity contribution in [3.05, 3.63) is 18.5 Å². The summed E-state index contributed by atoms with van der Waals surface area (Å²) in [5, 5.41) is 4.37. The van der Waals surface area contributed by atoms with E-state index in [0.29, 0.717) is 0 Å². The van der Waals surface area contributed by atoms with E-state index in [0.717, 1.165) is 11.4 Å². The molecule has 11 heavy (non-hydrogen) atoms. The average Bonchev–Trinajstić information content (AvgIpc) is 2.46. The summed E-state index contributed by atoms with van der Waals surface area (Å²) in [6, 6.07) is 2.05. The van der Waals surface area contributed by atoms with Crippen molar-refractivity contribution in [2.75, 3.05) is 5.75 Å². The molecule has 0 aliphatic heterocycles. The Balaban J connectivity index is 2.42. The molecule has 0 radical (unpaired) electrons. The largest absolute Gasteiger partial charge is 0.286 e. The number of hydrogen-bond acceptors (Lipinski definition) is 2. The van der Waals surface area contributed by atoms with Gasteiger partial charge in [0.05, 0.1) is 5.03 Å². The van der Waals surface area contributed by atoms with Crippen LogP contribution >= 0.6 is 11.8 Å². The van der Waals surface area contributed by atoms with Gasteiger partial charge < -0.3 is 0 Å². The number of hydrogen-bond donors (Lipinski definition) is 1. The van der Waals surface area contributed by atoms with Gasteiger partial charge in [-0.05, 0) is 5.75 Å². The van der Waals surface area contributed by atoms with Gasteiger partial charge in [0.15, 0.2) is 5.65 Å². The van der Waals surface area contributed by atoms with Gasteiger partial charge in [0.1, 0.15) is 0 Å². The number of fused-ring (bicyclic) bond motifs is 1. The lowest BCUT2D eigenvalue weighted by atomic mass is 10.7. The van der Waals surface area contributed by atoms with E-state index in [2.05, 4.69) is 17.0 Å². The molecule has 2 rings (SSSR count). The first kappa shape index (κ1) is 6.79. The summed E-state index contributed by atoms with van der Waals surface area (Å²) in [6.07, 6.45) is 3.70. The monoisotopic (exact) mass is 167 g/mol. The van der Waals surface area contributed by atoms with Crippen LogP contribution in [0.3, 0.4) is 0 Å². The molecule has 0 bridgehead atoms. The van der Waals surface area contributed by atoms with Gasteiger partial charge in [0.25, 0.3) is 0 Å². The molecule has 2 aromatic rings. The molecule has 3 nitrogen and oxygen atoms in total. The normalized spacial score (nSPS) is 11.0. The third-order valence-electron chi connectivity index (χ3n) is 1.46. The van der Waals surface area contributed by atoms with Gasteiger partial charge in [-0.25, -0.2) is 9.50 Å². The van der Waals surface area contributed by atoms with Gasteiger partial charge in [-0.3, -0.25) is 5.10 Å². The Bertz CT molecular complexity index is 321. The highest BCUT2D eigenvalue weighted by atomic mass is 32.2. The molecule has 4 heteroatoms. The first-order valence-electron chi connectivity index (χ1n) is 3.55. The number of H-pyrrole nitrogens is 1. The van der Waals surface area contributed by atoms with Crippen LogP contribution in [0.15, 0.2) is 23.5 Å². The van der Waals surface area contributed by atoms with E-state index < -0.39 is 0 Å². The molecular formula is C7H9N3S. The zero-order valence-corrected chi connectivity index (χ0v) is 7.06. The van der Waals surface area contributed by atoms with Crippen molar-refractivity contribution in [3.63, 3.8) is 0 Å². The van der Waals surface area contributed by atoms with Crippen molar-refractivity contribution in [2.24, 2.45) is 0 Å². The van der Waals surface area contributed by atoms with Crippen LogP contribution in [0.25, 0.3) is 5.65 Å². The second kappa shape index (κ2) is 2.62. The summed E-state index contributed by atoms with van der Waals surface area (Å²) in [5.74, 6) is 1.09. The maximum absolute atomic E-state index is 4.14. The molecule has 0 spiro atoms. The molecule has 0 atom stereocenters. The lowest BCUT2D eigenvalue weighted by Gasteiger charge is -1.88. The molecular weight excluding hydrogens is 158 g/mol. The van der Waals surface area contributed by atoms with Crippen molar-refractivity contribution >= 4 is 17.4 Å². The summed E-state index contributed by atoms with van der Waals surface area (Å²) >= 11 is 1.79. The molecule has 0 fully saturated rings. The molecule has 0 aliphatic carbocycles. The standard InChI is InChI=1S/C7H9N3S/c1-2-11-7-5-6-8-3-4-10(6)9-7/h3-5,9H,2H2,1H3. The van der Waals surface area contributed by atoms with Crippen LogP contribution in [0.2, 0.25) is 0 Å². The summed E-state index contributed by atoms with van der Waals surface area (Å²) < 4.78 is 1.91. The van der Waals surface area contributed by atoms with Crippen molar-refractivity contribution in [3.8, 4) is 0 Å². The maximum atomic E-state index is 4.14. The second-order valence-corrected chi connectivity index (χ2v) is 3.51. The number of aromatic nitrogens is 3. The van der Waals surface area contributed by atoms with Crippen molar-refractivity contribution in [1.29, 1.82) is 0 Å². The lowest BCUT2D eigenvalue weighted by Crippen LogP contribution is -1.79. The third kappa shape index (κ3) is 1.14. The van der Waals surface area contributed by atoms with E-state index in [1.165, 1.54) is 5.03 Å². The Morgan fingerprint density at radius 2 is 2.64 bits per heavy atom. The third-order valence-corrected chi connectivity index (χ3v) is 2.27.